The molecule has 0 unspecified atom stereocenters. The Kier molecular flexibility index (Phi) is 3.81. The van der Waals surface area contributed by atoms with Gasteiger partial charge in [0.15, 0.2) is 0 Å². The van der Waals surface area contributed by atoms with Crippen LogP contribution in [0.15, 0.2) is 18.2 Å². The summed E-state index contributed by atoms with van der Waals surface area (Å²) in [6.45, 7) is 4.10. The summed E-state index contributed by atoms with van der Waals surface area (Å²) in [4.78, 5) is 0. The molecule has 9 heavy (non-hydrogen) atoms. The van der Waals surface area contributed by atoms with Crippen LogP contribution in [0.2, 0.25) is 0 Å². The SMILES string of the molecule is Cc1[c-]c(C)ccc1.[Mo]. The van der Waals surface area contributed by atoms with E-state index in [1.165, 1.54) is 11.1 Å². The van der Waals surface area contributed by atoms with Crippen LogP contribution in [-0.4, -0.2) is 0 Å². The van der Waals surface area contributed by atoms with E-state index in [-0.39, 0.29) is 21.1 Å². The zero-order valence-corrected chi connectivity index (χ0v) is 7.65. The quantitative estimate of drug-likeness (QED) is 0.445. The first-order valence-electron chi connectivity index (χ1n) is 2.74. The van der Waals surface area contributed by atoms with Crippen LogP contribution >= 0.6 is 0 Å². The fraction of sp³-hybridized carbons (Fsp3) is 0.250. The Bertz CT molecular complexity index is 164. The van der Waals surface area contributed by atoms with Gasteiger partial charge >= 0.3 is 0 Å². The first-order chi connectivity index (χ1) is 3.79. The van der Waals surface area contributed by atoms with Gasteiger partial charge in [-0.05, 0) is 0 Å². The van der Waals surface area contributed by atoms with Crippen LogP contribution < -0.4 is 0 Å². The van der Waals surface area contributed by atoms with E-state index in [4.69, 9.17) is 0 Å². The molecule has 1 aromatic rings. The van der Waals surface area contributed by atoms with Gasteiger partial charge in [0.1, 0.15) is 0 Å². The Balaban J connectivity index is 0.000000640. The van der Waals surface area contributed by atoms with Crippen molar-refractivity contribution in [2.75, 3.05) is 0 Å². The maximum absolute atomic E-state index is 3.17. The number of aryl methyl sites for hydroxylation is 2. The topological polar surface area (TPSA) is 0 Å². The molecule has 0 atom stereocenters. The van der Waals surface area contributed by atoms with Crippen molar-refractivity contribution in [3.8, 4) is 0 Å². The molecule has 0 radical (unpaired) electrons. The van der Waals surface area contributed by atoms with Gasteiger partial charge in [-0.15, -0.1) is 0 Å². The Morgan fingerprint density at radius 2 is 1.56 bits per heavy atom. The average Bonchev–Trinajstić information content (AvgIpc) is 1.64. The third-order valence-electron chi connectivity index (χ3n) is 1.09. The molecule has 0 amide bonds. The molecule has 1 rings (SSSR count). The van der Waals surface area contributed by atoms with Crippen molar-refractivity contribution < 1.29 is 21.1 Å². The van der Waals surface area contributed by atoms with E-state index >= 15 is 0 Å². The van der Waals surface area contributed by atoms with Gasteiger partial charge in [-0.25, -0.2) is 0 Å². The fourth-order valence-corrected chi connectivity index (χ4v) is 0.731. The number of rotatable bonds is 0. The minimum absolute atomic E-state index is 0. The van der Waals surface area contributed by atoms with Gasteiger partial charge in [0.25, 0.3) is 0 Å². The van der Waals surface area contributed by atoms with E-state index < -0.39 is 0 Å². The smallest absolute Gasteiger partial charge is 0 e. The molecule has 0 N–H and O–H groups in total. The van der Waals surface area contributed by atoms with Crippen molar-refractivity contribution >= 4 is 0 Å². The summed E-state index contributed by atoms with van der Waals surface area (Å²) in [6.07, 6.45) is 0. The van der Waals surface area contributed by atoms with E-state index in [1.54, 1.807) is 0 Å². The molecule has 0 aliphatic carbocycles. The van der Waals surface area contributed by atoms with E-state index in [0.717, 1.165) is 0 Å². The molecular weight excluding hydrogens is 192 g/mol. The third-order valence-corrected chi connectivity index (χ3v) is 1.09. The third kappa shape index (κ3) is 2.81. The fourth-order valence-electron chi connectivity index (χ4n) is 0.731. The van der Waals surface area contributed by atoms with Crippen molar-refractivity contribution in [3.05, 3.63) is 35.4 Å². The maximum Gasteiger partial charge on any atom is 0 e. The van der Waals surface area contributed by atoms with Gasteiger partial charge in [-0.1, -0.05) is 13.8 Å². The first-order valence-corrected chi connectivity index (χ1v) is 2.74. The molecule has 0 fully saturated rings. The van der Waals surface area contributed by atoms with Crippen LogP contribution in [-0.2, 0) is 21.1 Å². The van der Waals surface area contributed by atoms with Gasteiger partial charge in [0, 0.05) is 21.1 Å². The maximum atomic E-state index is 3.17. The molecule has 0 saturated heterocycles. The molecule has 0 bridgehead atoms. The molecule has 0 aliphatic rings. The molecule has 1 heteroatoms. The van der Waals surface area contributed by atoms with Crippen LogP contribution in [0.25, 0.3) is 0 Å². The molecule has 0 saturated carbocycles. The number of benzene rings is 1. The Morgan fingerprint density at radius 1 is 1.11 bits per heavy atom. The molecular formula is C8H9Mo-. The Labute approximate surface area is 70.5 Å². The second-order valence-corrected chi connectivity index (χ2v) is 2.02. The van der Waals surface area contributed by atoms with Gasteiger partial charge in [-0.3, -0.25) is 0 Å². The van der Waals surface area contributed by atoms with Gasteiger partial charge < -0.3 is 0 Å². The van der Waals surface area contributed by atoms with Crippen LogP contribution in [0.3, 0.4) is 0 Å². The molecule has 0 aromatic heterocycles. The van der Waals surface area contributed by atoms with Crippen molar-refractivity contribution in [2.45, 2.75) is 13.8 Å². The predicted molar refractivity (Wildman–Crippen MR) is 34.8 cm³/mol. The van der Waals surface area contributed by atoms with Crippen LogP contribution in [0, 0.1) is 19.9 Å². The molecule has 0 aliphatic heterocycles. The zero-order valence-electron chi connectivity index (χ0n) is 5.64. The van der Waals surface area contributed by atoms with Gasteiger partial charge in [0.2, 0.25) is 0 Å². The predicted octanol–water partition coefficient (Wildman–Crippen LogP) is 2.10. The summed E-state index contributed by atoms with van der Waals surface area (Å²) in [6, 6.07) is 9.31. The Hall–Kier alpha value is -0.0917. The zero-order chi connectivity index (χ0) is 5.98. The van der Waals surface area contributed by atoms with Crippen molar-refractivity contribution in [3.63, 3.8) is 0 Å². The van der Waals surface area contributed by atoms with Crippen molar-refractivity contribution in [1.82, 2.24) is 0 Å². The van der Waals surface area contributed by atoms with Crippen LogP contribution in [0.4, 0.5) is 0 Å². The van der Waals surface area contributed by atoms with Crippen LogP contribution in [0.5, 0.6) is 0 Å². The van der Waals surface area contributed by atoms with Gasteiger partial charge in [-0.2, -0.15) is 35.4 Å². The Morgan fingerprint density at radius 3 is 1.78 bits per heavy atom. The standard InChI is InChI=1S/C8H9.Mo/c1-7-4-3-5-8(2)6-7;/h3-5H,1-2H3;/q-1;. The first kappa shape index (κ1) is 8.91. The van der Waals surface area contributed by atoms with Gasteiger partial charge in [0.05, 0.1) is 0 Å². The van der Waals surface area contributed by atoms with E-state index in [9.17, 15) is 0 Å². The number of hydrogen-bond acceptors (Lipinski definition) is 0. The summed E-state index contributed by atoms with van der Waals surface area (Å²) < 4.78 is 0. The minimum atomic E-state index is 0. The van der Waals surface area contributed by atoms with Crippen LogP contribution in [0.1, 0.15) is 11.1 Å². The second kappa shape index (κ2) is 3.84. The van der Waals surface area contributed by atoms with E-state index in [0.29, 0.717) is 0 Å². The number of hydrogen-bond donors (Lipinski definition) is 0. The molecule has 0 spiro atoms. The summed E-state index contributed by atoms with van der Waals surface area (Å²) >= 11 is 0. The molecule has 0 nitrogen and oxygen atoms in total. The summed E-state index contributed by atoms with van der Waals surface area (Å²) in [5.74, 6) is 0. The normalized spacial score (nSPS) is 8.22. The molecule has 1 aromatic carbocycles. The minimum Gasteiger partial charge on any atom is -0.177 e. The second-order valence-electron chi connectivity index (χ2n) is 2.02. The monoisotopic (exact) mass is 203 g/mol. The average molecular weight is 201 g/mol. The molecule has 0 heterocycles. The van der Waals surface area contributed by atoms with Crippen molar-refractivity contribution in [1.29, 1.82) is 0 Å². The van der Waals surface area contributed by atoms with E-state index in [1.807, 2.05) is 32.0 Å². The van der Waals surface area contributed by atoms with Crippen molar-refractivity contribution in [2.24, 2.45) is 0 Å². The summed E-state index contributed by atoms with van der Waals surface area (Å²) in [7, 11) is 0. The summed E-state index contributed by atoms with van der Waals surface area (Å²) in [5.41, 5.74) is 2.43. The largest absolute Gasteiger partial charge is 0.177 e. The van der Waals surface area contributed by atoms with E-state index in [2.05, 4.69) is 6.07 Å². The summed E-state index contributed by atoms with van der Waals surface area (Å²) in [5, 5.41) is 0. The molecule has 48 valence electrons.